The van der Waals surface area contributed by atoms with Crippen LogP contribution in [0.3, 0.4) is 0 Å². The fourth-order valence-electron chi connectivity index (χ4n) is 11.3. The predicted molar refractivity (Wildman–Crippen MR) is 192 cm³/mol. The maximum Gasteiger partial charge on any atom is 0.330 e. The predicted octanol–water partition coefficient (Wildman–Crippen LogP) is 3.63. The Labute approximate surface area is 307 Å². The van der Waals surface area contributed by atoms with E-state index in [0.29, 0.717) is 22.4 Å². The largest absolute Gasteiger partial charge is 0.504 e. The molecule has 0 radical (unpaired) electrons. The number of esters is 2. The molecule has 3 saturated heterocycles. The fourth-order valence-corrected chi connectivity index (χ4v) is 12.8. The number of benzene rings is 2. The maximum absolute atomic E-state index is 13.9. The number of methoxy groups -OCH3 is 2. The number of phenols is 2. The molecule has 1 aliphatic carbocycles. The molecule has 5 aliphatic rings. The topological polar surface area (TPSA) is 167 Å². The summed E-state index contributed by atoms with van der Waals surface area (Å²) in [5, 5.41) is 39.6. The van der Waals surface area contributed by atoms with Gasteiger partial charge in [0.2, 0.25) is 5.91 Å². The molecular weight excluding hydrogens is 690 g/mol. The normalized spacial score (nSPS) is 35.6. The minimum atomic E-state index is -1.66. The number of rotatable bonds is 4. The van der Waals surface area contributed by atoms with E-state index in [1.165, 1.54) is 39.8 Å². The van der Waals surface area contributed by atoms with Crippen molar-refractivity contribution in [2.45, 2.75) is 120 Å². The molecule has 0 spiro atoms. The molecule has 2 aromatic rings. The third kappa shape index (κ3) is 4.26. The van der Waals surface area contributed by atoms with E-state index in [4.69, 9.17) is 18.9 Å². The van der Waals surface area contributed by atoms with Gasteiger partial charge in [-0.25, -0.2) is 4.79 Å². The van der Waals surface area contributed by atoms with Crippen LogP contribution in [0.25, 0.3) is 0 Å². The fraction of sp³-hybridized carbons (Fsp3) is 0.605. The summed E-state index contributed by atoms with van der Waals surface area (Å²) < 4.78 is 23.8. The van der Waals surface area contributed by atoms with Gasteiger partial charge in [-0.05, 0) is 52.8 Å². The number of piperazine rings is 1. The molecule has 4 heterocycles. The number of likely N-dealkylation sites (N-methyl/N-ethyl adjacent to an activating group) is 1. The average molecular weight is 740 g/mol. The van der Waals surface area contributed by atoms with Gasteiger partial charge in [0, 0.05) is 64.8 Å². The molecule has 0 aromatic heterocycles. The van der Waals surface area contributed by atoms with Crippen LogP contribution >= 0.6 is 11.8 Å². The van der Waals surface area contributed by atoms with Gasteiger partial charge < -0.3 is 39.6 Å². The number of amides is 1. The standard InChI is InChI=1S/C38H49N3O10S/c1-15-13-19-23(26(45)27(15)48-11)37(8)32-24-30-22-21(25(44)29(49-12)16(2)28(22)50-18(4)43)31(41(24)38(9,47)34(40(32)10)36(19,37)7)35(5,6)51-33(46)20(14-52-30)39-17(3)42/h13,20,24,30-32,34,44-45,47H,14H2,1-12H3,(H,39,42). The van der Waals surface area contributed by atoms with Gasteiger partial charge in [-0.1, -0.05) is 19.9 Å². The van der Waals surface area contributed by atoms with Crippen LogP contribution in [0.5, 0.6) is 28.7 Å². The quantitative estimate of drug-likeness (QED) is 0.266. The molecular formula is C38H49N3O10S. The molecule has 282 valence electrons. The van der Waals surface area contributed by atoms with Crippen molar-refractivity contribution in [1.29, 1.82) is 0 Å². The third-order valence-corrected chi connectivity index (χ3v) is 14.3. The number of aryl methyl sites for hydroxylation is 1. The number of phenolic OH excluding ortho intramolecular Hbond substituents is 2. The zero-order valence-electron chi connectivity index (χ0n) is 31.8. The zero-order valence-corrected chi connectivity index (χ0v) is 32.6. The SMILES string of the molecule is COc1c(C)cc2c(c1O)C1(C)C3C4C5SCC(NC(C)=O)C(=O)OC(C)(C)C(c6c(O)c(OC)c(C)c(OC(C)=O)c65)N4C(C)(O)C(N3C)C21C. The zero-order chi connectivity index (χ0) is 38.4. The second-order valence-corrected chi connectivity index (χ2v) is 17.3. The Balaban J connectivity index is 1.61. The molecule has 52 heavy (non-hydrogen) atoms. The summed E-state index contributed by atoms with van der Waals surface area (Å²) in [6.07, 6.45) is 0. The maximum atomic E-state index is 13.9. The van der Waals surface area contributed by atoms with E-state index in [1.807, 2.05) is 24.9 Å². The molecule has 13 nitrogen and oxygen atoms in total. The number of nitrogens with one attached hydrogen (secondary N) is 1. The van der Waals surface area contributed by atoms with Gasteiger partial charge in [-0.3, -0.25) is 19.4 Å². The molecule has 3 fully saturated rings. The van der Waals surface area contributed by atoms with E-state index < -0.39 is 75.5 Å². The summed E-state index contributed by atoms with van der Waals surface area (Å²) in [6, 6.07) is -1.58. The number of hydrogen-bond donors (Lipinski definition) is 4. The second kappa shape index (κ2) is 11.4. The first-order valence-electron chi connectivity index (χ1n) is 17.5. The van der Waals surface area contributed by atoms with Gasteiger partial charge in [-0.15, -0.1) is 11.8 Å². The number of cyclic esters (lactones) is 1. The highest BCUT2D eigenvalue weighted by Gasteiger charge is 2.82. The van der Waals surface area contributed by atoms with Crippen molar-refractivity contribution in [3.8, 4) is 28.7 Å². The van der Waals surface area contributed by atoms with Crippen molar-refractivity contribution in [3.05, 3.63) is 39.4 Å². The molecule has 1 amide bonds. The summed E-state index contributed by atoms with van der Waals surface area (Å²) in [4.78, 5) is 43.3. The van der Waals surface area contributed by atoms with Gasteiger partial charge in [0.1, 0.15) is 23.1 Å². The van der Waals surface area contributed by atoms with Crippen molar-refractivity contribution < 1.29 is 48.7 Å². The van der Waals surface area contributed by atoms with Crippen LogP contribution in [0, 0.1) is 13.8 Å². The summed E-state index contributed by atoms with van der Waals surface area (Å²) in [7, 11) is 4.93. The van der Waals surface area contributed by atoms with E-state index in [0.717, 1.165) is 16.7 Å². The molecule has 4 N–H and O–H groups in total. The van der Waals surface area contributed by atoms with E-state index in [-0.39, 0.29) is 28.8 Å². The molecule has 2 aromatic carbocycles. The molecule has 9 unspecified atom stereocenters. The van der Waals surface area contributed by atoms with Gasteiger partial charge in [0.25, 0.3) is 0 Å². The Morgan fingerprint density at radius 1 is 0.981 bits per heavy atom. The highest BCUT2D eigenvalue weighted by molar-refractivity contribution is 7.99. The molecule has 0 saturated carbocycles. The molecule has 4 aliphatic heterocycles. The lowest BCUT2D eigenvalue weighted by Crippen LogP contribution is -2.76. The molecule has 4 bridgehead atoms. The first kappa shape index (κ1) is 36.6. The van der Waals surface area contributed by atoms with Crippen molar-refractivity contribution in [2.75, 3.05) is 27.0 Å². The number of aliphatic hydroxyl groups is 1. The van der Waals surface area contributed by atoms with Crippen molar-refractivity contribution in [1.82, 2.24) is 15.1 Å². The Bertz CT molecular complexity index is 1950. The third-order valence-electron chi connectivity index (χ3n) is 12.9. The Morgan fingerprint density at radius 2 is 1.62 bits per heavy atom. The summed E-state index contributed by atoms with van der Waals surface area (Å²) in [5.41, 5.74) is -0.961. The number of carbonyl (C=O) groups is 3. The van der Waals surface area contributed by atoms with Gasteiger partial charge >= 0.3 is 11.9 Å². The monoisotopic (exact) mass is 739 g/mol. The highest BCUT2D eigenvalue weighted by Crippen LogP contribution is 2.76. The minimum Gasteiger partial charge on any atom is -0.504 e. The van der Waals surface area contributed by atoms with Crippen molar-refractivity contribution in [3.63, 3.8) is 0 Å². The van der Waals surface area contributed by atoms with E-state index in [9.17, 15) is 29.7 Å². The lowest BCUT2D eigenvalue weighted by atomic mass is 9.44. The van der Waals surface area contributed by atoms with Crippen LogP contribution in [-0.4, -0.2) is 105 Å². The number of aromatic hydroxyl groups is 2. The van der Waals surface area contributed by atoms with Crippen LogP contribution in [0.2, 0.25) is 0 Å². The highest BCUT2D eigenvalue weighted by atomic mass is 32.2. The first-order chi connectivity index (χ1) is 24.1. The average Bonchev–Trinajstić information content (AvgIpc) is 3.15. The number of thioether (sulfide) groups is 1. The van der Waals surface area contributed by atoms with E-state index in [1.54, 1.807) is 27.7 Å². The molecule has 9 atom stereocenters. The second-order valence-electron chi connectivity index (χ2n) is 16.1. The van der Waals surface area contributed by atoms with E-state index >= 15 is 0 Å². The first-order valence-corrected chi connectivity index (χ1v) is 18.6. The van der Waals surface area contributed by atoms with Gasteiger partial charge in [0.05, 0.1) is 31.6 Å². The lowest BCUT2D eigenvalue weighted by Gasteiger charge is -2.64. The summed E-state index contributed by atoms with van der Waals surface area (Å²) in [6.45, 7) is 15.7. The van der Waals surface area contributed by atoms with Crippen LogP contribution in [0.4, 0.5) is 0 Å². The lowest BCUT2D eigenvalue weighted by molar-refractivity contribution is -0.247. The minimum absolute atomic E-state index is 0.0570. The number of hydrogen-bond acceptors (Lipinski definition) is 13. The van der Waals surface area contributed by atoms with Gasteiger partial charge in [-0.2, -0.15) is 0 Å². The number of nitrogens with zero attached hydrogens (tertiary/aromatic N) is 2. The Morgan fingerprint density at radius 3 is 2.19 bits per heavy atom. The van der Waals surface area contributed by atoms with Crippen molar-refractivity contribution >= 4 is 29.6 Å². The van der Waals surface area contributed by atoms with E-state index in [2.05, 4.69) is 24.1 Å². The van der Waals surface area contributed by atoms with Crippen LogP contribution in [-0.2, 0) is 30.0 Å². The Hall–Kier alpha value is -3.72. The van der Waals surface area contributed by atoms with Gasteiger partial charge in [0.15, 0.2) is 23.0 Å². The Kier molecular flexibility index (Phi) is 8.03. The van der Waals surface area contributed by atoms with Crippen molar-refractivity contribution in [2.24, 2.45) is 0 Å². The number of carbonyl (C=O) groups excluding carboxylic acids is 3. The smallest absolute Gasteiger partial charge is 0.330 e. The molecule has 14 heteroatoms. The molecule has 7 rings (SSSR count). The van der Waals surface area contributed by atoms with Crippen LogP contribution in [0.1, 0.15) is 93.1 Å². The van der Waals surface area contributed by atoms with Crippen LogP contribution < -0.4 is 19.5 Å². The summed E-state index contributed by atoms with van der Waals surface area (Å²) in [5.74, 6) is -1.06. The number of fused-ring (bicyclic) bond motifs is 11. The summed E-state index contributed by atoms with van der Waals surface area (Å²) >= 11 is 1.35. The number of ether oxygens (including phenoxy) is 4. The van der Waals surface area contributed by atoms with Crippen LogP contribution in [0.15, 0.2) is 6.07 Å².